The average molecular weight is 355 g/mol. The van der Waals surface area contributed by atoms with E-state index in [2.05, 4.69) is 10.0 Å². The van der Waals surface area contributed by atoms with E-state index in [1.165, 1.54) is 7.11 Å². The molecule has 1 aliphatic rings. The van der Waals surface area contributed by atoms with E-state index >= 15 is 0 Å². The van der Waals surface area contributed by atoms with Crippen molar-refractivity contribution in [3.8, 4) is 5.75 Å². The van der Waals surface area contributed by atoms with Crippen LogP contribution in [-0.4, -0.2) is 45.5 Å². The van der Waals surface area contributed by atoms with E-state index in [1.807, 2.05) is 0 Å². The molecule has 1 aromatic carbocycles. The van der Waals surface area contributed by atoms with Crippen LogP contribution in [0.1, 0.15) is 12.8 Å². The maximum atomic E-state index is 12.0. The molecular formula is C12H13N5O8. The molecule has 1 atom stereocenters. The Kier molecular flexibility index (Phi) is 5.26. The number of rotatable bonds is 6. The standard InChI is InChI=1S/C12H13N5O8/c1-24-12(18)9-3-2-6-14(9)17(23)13-25-11-5-4-8(15(19)20)7-10(11)16(21)22/h4-5,7,9H,2-3,6H2,1H3/b17-13-. The third kappa shape index (κ3) is 3.88. The van der Waals surface area contributed by atoms with E-state index < -0.39 is 39.0 Å². The molecule has 0 aromatic heterocycles. The number of hydrogen-bond donors (Lipinski definition) is 0. The second-order valence-corrected chi connectivity index (χ2v) is 4.94. The summed E-state index contributed by atoms with van der Waals surface area (Å²) in [7, 11) is 1.18. The quantitative estimate of drug-likeness (QED) is 0.240. The number of nitrogens with zero attached hydrogens (tertiary/aromatic N) is 5. The molecule has 1 fully saturated rings. The van der Waals surface area contributed by atoms with Crippen LogP contribution in [0, 0.1) is 25.4 Å². The molecule has 0 spiro atoms. The second-order valence-electron chi connectivity index (χ2n) is 4.94. The van der Waals surface area contributed by atoms with Gasteiger partial charge in [0.05, 0.1) is 34.5 Å². The van der Waals surface area contributed by atoms with Crippen molar-refractivity contribution in [3.63, 3.8) is 0 Å². The number of nitro benzene ring substituents is 2. The zero-order chi connectivity index (χ0) is 18.6. The molecule has 13 heteroatoms. The summed E-state index contributed by atoms with van der Waals surface area (Å²) in [6, 6.07) is 1.78. The maximum absolute atomic E-state index is 12.0. The Morgan fingerprint density at radius 1 is 1.28 bits per heavy atom. The Balaban J connectivity index is 2.21. The zero-order valence-corrected chi connectivity index (χ0v) is 12.9. The molecular weight excluding hydrogens is 342 g/mol. The third-order valence-corrected chi connectivity index (χ3v) is 3.48. The summed E-state index contributed by atoms with van der Waals surface area (Å²) in [6.07, 6.45) is 0.935. The van der Waals surface area contributed by atoms with Crippen LogP contribution in [0.15, 0.2) is 23.5 Å². The lowest BCUT2D eigenvalue weighted by molar-refractivity contribution is -0.708. The van der Waals surface area contributed by atoms with Crippen molar-refractivity contribution in [2.45, 2.75) is 18.9 Å². The van der Waals surface area contributed by atoms with Gasteiger partial charge < -0.3 is 9.94 Å². The van der Waals surface area contributed by atoms with E-state index in [-0.39, 0.29) is 11.5 Å². The van der Waals surface area contributed by atoms with Crippen molar-refractivity contribution in [2.75, 3.05) is 13.7 Å². The van der Waals surface area contributed by atoms with Crippen LogP contribution in [0.5, 0.6) is 5.75 Å². The van der Waals surface area contributed by atoms with Crippen molar-refractivity contribution < 1.29 is 29.2 Å². The van der Waals surface area contributed by atoms with Crippen LogP contribution < -0.4 is 4.84 Å². The molecule has 1 aromatic rings. The molecule has 1 unspecified atom stereocenters. The average Bonchev–Trinajstić information content (AvgIpc) is 3.08. The summed E-state index contributed by atoms with van der Waals surface area (Å²) in [5.41, 5.74) is -1.24. The van der Waals surface area contributed by atoms with Gasteiger partial charge in [-0.25, -0.2) is 4.79 Å². The van der Waals surface area contributed by atoms with Gasteiger partial charge in [-0.2, -0.15) is 0 Å². The molecule has 0 amide bonds. The van der Waals surface area contributed by atoms with Gasteiger partial charge in [0, 0.05) is 6.07 Å². The number of non-ortho nitro benzene ring substituents is 1. The van der Waals surface area contributed by atoms with Crippen molar-refractivity contribution in [1.82, 2.24) is 5.01 Å². The molecule has 0 aliphatic carbocycles. The molecule has 1 aliphatic heterocycles. The predicted molar refractivity (Wildman–Crippen MR) is 78.2 cm³/mol. The van der Waals surface area contributed by atoms with E-state index in [0.29, 0.717) is 18.9 Å². The first-order valence-corrected chi connectivity index (χ1v) is 6.97. The van der Waals surface area contributed by atoms with Crippen molar-refractivity contribution in [2.24, 2.45) is 5.28 Å². The third-order valence-electron chi connectivity index (χ3n) is 3.48. The number of carbonyl (C=O) groups is 1. The monoisotopic (exact) mass is 355 g/mol. The van der Waals surface area contributed by atoms with Crippen LogP contribution in [0.2, 0.25) is 0 Å². The molecule has 1 heterocycles. The Labute approximate surface area is 139 Å². The summed E-state index contributed by atoms with van der Waals surface area (Å²) >= 11 is 0. The number of nitro groups is 2. The van der Waals surface area contributed by atoms with Gasteiger partial charge in [-0.1, -0.05) is 0 Å². The molecule has 0 N–H and O–H groups in total. The van der Waals surface area contributed by atoms with Crippen molar-refractivity contribution in [1.29, 1.82) is 0 Å². The number of methoxy groups -OCH3 is 1. The first kappa shape index (κ1) is 17.8. The van der Waals surface area contributed by atoms with Gasteiger partial charge in [0.1, 0.15) is 0 Å². The van der Waals surface area contributed by atoms with Crippen LogP contribution in [0.3, 0.4) is 0 Å². The number of benzene rings is 1. The van der Waals surface area contributed by atoms with Gasteiger partial charge in [0.15, 0.2) is 6.04 Å². The zero-order valence-electron chi connectivity index (χ0n) is 12.9. The SMILES string of the molecule is COC(=O)C1CCCN1/[N+]([O-])=N/Oc1ccc([N+](=O)[O-])cc1[N+](=O)[O-]. The molecule has 2 rings (SSSR count). The molecule has 0 radical (unpaired) electrons. The molecule has 13 nitrogen and oxygen atoms in total. The fraction of sp³-hybridized carbons (Fsp3) is 0.417. The van der Waals surface area contributed by atoms with Crippen LogP contribution in [0.25, 0.3) is 0 Å². The van der Waals surface area contributed by atoms with Crippen molar-refractivity contribution >= 4 is 17.3 Å². The molecule has 134 valence electrons. The highest BCUT2D eigenvalue weighted by Gasteiger charge is 2.38. The van der Waals surface area contributed by atoms with Crippen LogP contribution in [0.4, 0.5) is 11.4 Å². The molecule has 25 heavy (non-hydrogen) atoms. The van der Waals surface area contributed by atoms with Crippen molar-refractivity contribution in [3.05, 3.63) is 43.6 Å². The Hall–Kier alpha value is -3.51. The summed E-state index contributed by atoms with van der Waals surface area (Å²) in [6.45, 7) is 0.221. The van der Waals surface area contributed by atoms with E-state index in [9.17, 15) is 30.2 Å². The Morgan fingerprint density at radius 2 is 2.00 bits per heavy atom. The predicted octanol–water partition coefficient (Wildman–Crippen LogP) is 1.31. The number of hydrazine groups is 1. The lowest BCUT2D eigenvalue weighted by Gasteiger charge is -2.17. The topological polar surface area (TPSA) is 163 Å². The fourth-order valence-corrected chi connectivity index (χ4v) is 2.30. The van der Waals surface area contributed by atoms with E-state index in [0.717, 1.165) is 17.1 Å². The molecule has 1 saturated heterocycles. The smallest absolute Gasteiger partial charge is 0.334 e. The lowest BCUT2D eigenvalue weighted by Crippen LogP contribution is -2.41. The normalized spacial score (nSPS) is 17.2. The fourth-order valence-electron chi connectivity index (χ4n) is 2.30. The minimum absolute atomic E-state index is 0.000273. The lowest BCUT2D eigenvalue weighted by atomic mass is 10.2. The van der Waals surface area contributed by atoms with Gasteiger partial charge in [0.25, 0.3) is 5.69 Å². The minimum atomic E-state index is -0.903. The first-order valence-electron chi connectivity index (χ1n) is 6.97. The number of esters is 1. The van der Waals surface area contributed by atoms with Crippen LogP contribution >= 0.6 is 0 Å². The van der Waals surface area contributed by atoms with Gasteiger partial charge in [-0.15, -0.1) is 5.01 Å². The summed E-state index contributed by atoms with van der Waals surface area (Å²) in [5, 5.41) is 37.8. The summed E-state index contributed by atoms with van der Waals surface area (Å²) < 4.78 is 4.58. The van der Waals surface area contributed by atoms with E-state index in [1.54, 1.807) is 0 Å². The minimum Gasteiger partial charge on any atom is -0.569 e. The second kappa shape index (κ2) is 7.37. The van der Waals surface area contributed by atoms with Gasteiger partial charge >= 0.3 is 11.7 Å². The maximum Gasteiger partial charge on any atom is 0.334 e. The molecule has 0 saturated carbocycles. The van der Waals surface area contributed by atoms with Gasteiger partial charge in [-0.3, -0.25) is 25.1 Å². The summed E-state index contributed by atoms with van der Waals surface area (Å²) in [4.78, 5) is 36.3. The van der Waals surface area contributed by atoms with Crippen LogP contribution in [-0.2, 0) is 9.53 Å². The highest BCUT2D eigenvalue weighted by Crippen LogP contribution is 2.31. The largest absolute Gasteiger partial charge is 0.569 e. The summed E-state index contributed by atoms with van der Waals surface area (Å²) in [5.74, 6) is -1.07. The highest BCUT2D eigenvalue weighted by molar-refractivity contribution is 5.75. The number of carbonyl (C=O) groups excluding carboxylic acids is 1. The number of hydrogen-bond acceptors (Lipinski definition) is 9. The van der Waals surface area contributed by atoms with E-state index in [4.69, 9.17) is 4.84 Å². The Morgan fingerprint density at radius 3 is 2.60 bits per heavy atom. The Bertz CT molecular complexity index is 736. The van der Waals surface area contributed by atoms with Gasteiger partial charge in [-0.05, 0) is 18.9 Å². The number of ether oxygens (including phenoxy) is 1. The molecule has 0 bridgehead atoms. The van der Waals surface area contributed by atoms with Gasteiger partial charge in [0.2, 0.25) is 11.0 Å². The first-order chi connectivity index (χ1) is 11.8. The highest BCUT2D eigenvalue weighted by atomic mass is 16.7.